The Kier molecular flexibility index (Phi) is 8.25. The van der Waals surface area contributed by atoms with Crippen LogP contribution in [0.5, 0.6) is 11.5 Å². The third-order valence-corrected chi connectivity index (χ3v) is 5.34. The van der Waals surface area contributed by atoms with Gasteiger partial charge in [0.05, 0.1) is 15.5 Å². The number of alkyl halides is 3. The summed E-state index contributed by atoms with van der Waals surface area (Å²) < 4.78 is 48.8. The van der Waals surface area contributed by atoms with Gasteiger partial charge in [0, 0.05) is 32.3 Å². The van der Waals surface area contributed by atoms with Gasteiger partial charge in [-0.3, -0.25) is 10.1 Å². The van der Waals surface area contributed by atoms with Crippen LogP contribution in [0, 0.1) is 10.1 Å². The minimum absolute atomic E-state index is 0.0356. The van der Waals surface area contributed by atoms with Gasteiger partial charge in [0.1, 0.15) is 17.2 Å². The number of nitrogens with zero attached hydrogens (tertiary/aromatic N) is 2. The first-order chi connectivity index (χ1) is 14.0. The highest BCUT2D eigenvalue weighted by Gasteiger charge is 2.31. The van der Waals surface area contributed by atoms with Crippen molar-refractivity contribution in [1.82, 2.24) is 0 Å². The third kappa shape index (κ3) is 6.43. The van der Waals surface area contributed by atoms with E-state index >= 15 is 0 Å². The molecular weight excluding hydrogens is 448 g/mol. The molecule has 0 aromatic heterocycles. The predicted octanol–water partition coefficient (Wildman–Crippen LogP) is 5.20. The summed E-state index contributed by atoms with van der Waals surface area (Å²) in [7, 11) is -0.319. The predicted molar refractivity (Wildman–Crippen MR) is 106 cm³/mol. The van der Waals surface area contributed by atoms with Crippen molar-refractivity contribution in [3.63, 3.8) is 0 Å². The summed E-state index contributed by atoms with van der Waals surface area (Å²) in [6.07, 6.45) is -4.39. The summed E-state index contributed by atoms with van der Waals surface area (Å²) in [6, 6.07) is 6.51. The molecule has 12 heteroatoms. The maximum absolute atomic E-state index is 12.8. The van der Waals surface area contributed by atoms with Gasteiger partial charge < -0.3 is 19.1 Å². The Morgan fingerprint density at radius 3 is 2.50 bits per heavy atom. The van der Waals surface area contributed by atoms with E-state index in [1.54, 1.807) is 14.0 Å². The molecule has 0 fully saturated rings. The van der Waals surface area contributed by atoms with Crippen LogP contribution in [0.4, 0.5) is 24.5 Å². The topological polar surface area (TPSA) is 87.9 Å². The monoisotopic (exact) mass is 465 g/mol. The number of hydrogen-bond acceptors (Lipinski definition) is 6. The second kappa shape index (κ2) is 10.3. The Labute approximate surface area is 177 Å². The molecule has 0 aliphatic rings. The minimum atomic E-state index is -4.55. The zero-order chi connectivity index (χ0) is 22.5. The van der Waals surface area contributed by atoms with Gasteiger partial charge in [-0.25, -0.2) is 0 Å². The fraction of sp³-hybridized carbons (Fsp3) is 0.333. The van der Waals surface area contributed by atoms with Crippen molar-refractivity contribution in [1.29, 1.82) is 0 Å². The maximum atomic E-state index is 12.8. The summed E-state index contributed by atoms with van der Waals surface area (Å²) in [6.45, 7) is 2.20. The van der Waals surface area contributed by atoms with Crippen LogP contribution in [0.25, 0.3) is 0 Å². The Hall–Kier alpha value is -2.13. The van der Waals surface area contributed by atoms with Gasteiger partial charge in [0.25, 0.3) is 5.69 Å². The van der Waals surface area contributed by atoms with Gasteiger partial charge in [-0.1, -0.05) is 20.0 Å². The molecule has 0 aliphatic heterocycles. The van der Waals surface area contributed by atoms with Gasteiger partial charge in [0.2, 0.25) is 0 Å². The van der Waals surface area contributed by atoms with E-state index in [-0.39, 0.29) is 47.2 Å². The number of hydrogen-bond donors (Lipinski definition) is 0. The molecule has 164 valence electrons. The summed E-state index contributed by atoms with van der Waals surface area (Å²) in [5.74, 6) is 0.102. The smallest absolute Gasteiger partial charge is 0.416 e. The summed E-state index contributed by atoms with van der Waals surface area (Å²) in [5.41, 5.74) is -0.956. The van der Waals surface area contributed by atoms with Gasteiger partial charge in [-0.15, -0.1) is 0 Å². The molecule has 30 heavy (non-hydrogen) atoms. The summed E-state index contributed by atoms with van der Waals surface area (Å²) in [5, 5.41) is 11.1. The molecule has 0 saturated carbocycles. The van der Waals surface area contributed by atoms with Crippen molar-refractivity contribution < 1.29 is 32.2 Å². The average molecular weight is 466 g/mol. The zero-order valence-electron chi connectivity index (χ0n) is 16.0. The van der Waals surface area contributed by atoms with Crippen LogP contribution in [0.2, 0.25) is 5.02 Å². The summed E-state index contributed by atoms with van der Waals surface area (Å²) in [4.78, 5) is 24.0. The van der Waals surface area contributed by atoms with Gasteiger partial charge >= 0.3 is 6.18 Å². The minimum Gasteiger partial charge on any atom is -0.808 e. The quantitative estimate of drug-likeness (QED) is 0.287. The molecule has 0 bridgehead atoms. The van der Waals surface area contributed by atoms with E-state index < -0.39 is 25.0 Å². The normalized spacial score (nSPS) is 12.5. The number of halogens is 4. The maximum Gasteiger partial charge on any atom is 0.416 e. The molecule has 2 aromatic carbocycles. The van der Waals surface area contributed by atoms with Crippen LogP contribution in [-0.4, -0.2) is 31.3 Å². The fourth-order valence-corrected chi connectivity index (χ4v) is 3.57. The molecule has 2 rings (SSSR count). The van der Waals surface area contributed by atoms with Crippen LogP contribution in [0.3, 0.4) is 0 Å². The number of benzene rings is 2. The molecule has 2 aromatic rings. The van der Waals surface area contributed by atoms with E-state index in [1.807, 2.05) is 0 Å². The van der Waals surface area contributed by atoms with Gasteiger partial charge in [-0.2, -0.15) is 13.2 Å². The molecular formula is C18H18ClF3N2O5P-. The Morgan fingerprint density at radius 1 is 1.23 bits per heavy atom. The van der Waals surface area contributed by atoms with Crippen molar-refractivity contribution in [3.8, 4) is 11.5 Å². The van der Waals surface area contributed by atoms with E-state index in [0.717, 1.165) is 18.2 Å². The number of rotatable bonds is 9. The molecule has 0 saturated heterocycles. The summed E-state index contributed by atoms with van der Waals surface area (Å²) >= 11 is 5.89. The molecule has 0 N–H and O–H groups in total. The van der Waals surface area contributed by atoms with E-state index in [9.17, 15) is 28.2 Å². The highest BCUT2D eigenvalue weighted by Crippen LogP contribution is 2.39. The fourth-order valence-electron chi connectivity index (χ4n) is 2.47. The first-order valence-corrected chi connectivity index (χ1v) is 10.4. The lowest BCUT2D eigenvalue weighted by Crippen LogP contribution is -2.23. The third-order valence-electron chi connectivity index (χ3n) is 3.93. The molecule has 1 atom stereocenters. The van der Waals surface area contributed by atoms with Crippen LogP contribution in [-0.2, 0) is 10.7 Å². The van der Waals surface area contributed by atoms with E-state index in [2.05, 4.69) is 0 Å². The molecule has 0 spiro atoms. The van der Waals surface area contributed by atoms with Crippen LogP contribution in [0.1, 0.15) is 12.5 Å². The zero-order valence-corrected chi connectivity index (χ0v) is 17.6. The number of nitro groups is 1. The van der Waals surface area contributed by atoms with Crippen molar-refractivity contribution in [2.45, 2.75) is 13.1 Å². The van der Waals surface area contributed by atoms with Crippen LogP contribution in [0.15, 0.2) is 36.4 Å². The number of anilines is 1. The Balaban J connectivity index is 2.26. The first-order valence-electron chi connectivity index (χ1n) is 8.64. The Morgan fingerprint density at radius 2 is 1.93 bits per heavy atom. The second-order valence-corrected chi connectivity index (χ2v) is 7.83. The molecule has 0 amide bonds. The molecule has 1 unspecified atom stereocenters. The lowest BCUT2D eigenvalue weighted by atomic mass is 10.2. The van der Waals surface area contributed by atoms with E-state index in [0.29, 0.717) is 0 Å². The lowest BCUT2D eigenvalue weighted by Gasteiger charge is -2.26. The molecule has 7 nitrogen and oxygen atoms in total. The first kappa shape index (κ1) is 24.1. The van der Waals surface area contributed by atoms with Crippen LogP contribution >= 0.6 is 20.0 Å². The molecule has 0 aliphatic carbocycles. The van der Waals surface area contributed by atoms with Crippen molar-refractivity contribution in [2.75, 3.05) is 31.3 Å². The Bertz CT molecular complexity index is 901. The average Bonchev–Trinajstić information content (AvgIpc) is 2.66. The van der Waals surface area contributed by atoms with Crippen LogP contribution < -0.4 is 14.5 Å². The SMILES string of the molecule is CCOP([O-])CCN(C)c1cc(Oc2ccc(C(F)(F)F)cc2Cl)ccc1[N+](=O)[O-]. The van der Waals surface area contributed by atoms with Crippen molar-refractivity contribution in [2.24, 2.45) is 0 Å². The highest BCUT2D eigenvalue weighted by molar-refractivity contribution is 7.44. The van der Waals surface area contributed by atoms with Crippen molar-refractivity contribution in [3.05, 3.63) is 57.1 Å². The largest absolute Gasteiger partial charge is 0.808 e. The van der Waals surface area contributed by atoms with E-state index in [1.165, 1.54) is 23.1 Å². The number of nitro benzene ring substituents is 1. The molecule has 0 radical (unpaired) electrons. The molecule has 0 heterocycles. The lowest BCUT2D eigenvalue weighted by molar-refractivity contribution is -0.384. The van der Waals surface area contributed by atoms with Gasteiger partial charge in [0.15, 0.2) is 0 Å². The highest BCUT2D eigenvalue weighted by atomic mass is 35.5. The van der Waals surface area contributed by atoms with Gasteiger partial charge in [-0.05, 0) is 37.4 Å². The van der Waals surface area contributed by atoms with E-state index in [4.69, 9.17) is 20.9 Å². The number of ether oxygens (including phenoxy) is 1. The second-order valence-electron chi connectivity index (χ2n) is 6.05. The van der Waals surface area contributed by atoms with Crippen molar-refractivity contribution >= 4 is 31.4 Å². The standard InChI is InChI=1S/C18H18ClF3N2O5P/c1-3-28-30(27)9-8-23(2)16-11-13(5-6-15(16)24(25)26)29-17-7-4-12(10-14(17)19)18(20,21)22/h4-7,10-11H,3,8-9H2,1-2H3/q-1.